The minimum atomic E-state index is 0.103. The molecule has 0 saturated heterocycles. The summed E-state index contributed by atoms with van der Waals surface area (Å²) in [5.74, 6) is 1.08. The second-order valence-electron chi connectivity index (χ2n) is 5.40. The zero-order valence-corrected chi connectivity index (χ0v) is 11.8. The maximum absolute atomic E-state index is 11.6. The summed E-state index contributed by atoms with van der Waals surface area (Å²) >= 11 is 0. The van der Waals surface area contributed by atoms with Gasteiger partial charge in [-0.2, -0.15) is 0 Å². The lowest BCUT2D eigenvalue weighted by Crippen LogP contribution is -2.37. The Morgan fingerprint density at radius 3 is 2.00 bits per heavy atom. The van der Waals surface area contributed by atoms with Gasteiger partial charge in [0.25, 0.3) is 0 Å². The molecule has 0 spiro atoms. The Kier molecular flexibility index (Phi) is 7.39. The van der Waals surface area contributed by atoms with Crippen LogP contribution in [0, 0.1) is 11.8 Å². The van der Waals surface area contributed by atoms with Crippen LogP contribution < -0.4 is 0 Å². The first-order chi connectivity index (χ1) is 7.34. The summed E-state index contributed by atoms with van der Waals surface area (Å²) in [6.45, 7) is 11.3. The van der Waals surface area contributed by atoms with Gasteiger partial charge in [-0.25, -0.2) is 0 Å². The third-order valence-electron chi connectivity index (χ3n) is 2.78. The van der Waals surface area contributed by atoms with E-state index in [4.69, 9.17) is 0 Å². The highest BCUT2D eigenvalue weighted by Crippen LogP contribution is 2.02. The molecule has 0 aliphatic heterocycles. The molecule has 0 bridgehead atoms. The predicted molar refractivity (Wildman–Crippen MR) is 69.4 cm³/mol. The summed E-state index contributed by atoms with van der Waals surface area (Å²) < 4.78 is 0. The van der Waals surface area contributed by atoms with Crippen LogP contribution in [-0.2, 0) is 4.79 Å². The van der Waals surface area contributed by atoms with Crippen molar-refractivity contribution in [1.82, 2.24) is 9.80 Å². The summed E-state index contributed by atoms with van der Waals surface area (Å²) in [5.41, 5.74) is 0. The third kappa shape index (κ3) is 6.83. The third-order valence-corrected chi connectivity index (χ3v) is 2.78. The van der Waals surface area contributed by atoms with Crippen molar-refractivity contribution >= 4 is 5.91 Å². The van der Waals surface area contributed by atoms with Gasteiger partial charge in [0.1, 0.15) is 0 Å². The molecule has 0 fully saturated rings. The molecule has 0 aliphatic rings. The maximum atomic E-state index is 11.6. The molecule has 0 radical (unpaired) electrons. The van der Waals surface area contributed by atoms with E-state index in [0.29, 0.717) is 0 Å². The van der Waals surface area contributed by atoms with Gasteiger partial charge in [0.2, 0.25) is 5.91 Å². The molecular weight excluding hydrogens is 200 g/mol. The summed E-state index contributed by atoms with van der Waals surface area (Å²) in [7, 11) is 4.01. The Morgan fingerprint density at radius 2 is 1.56 bits per heavy atom. The molecule has 96 valence electrons. The van der Waals surface area contributed by atoms with Gasteiger partial charge in [-0.1, -0.05) is 27.7 Å². The number of likely N-dealkylation sites (N-methyl/N-ethyl adjacent to an activating group) is 2. The topological polar surface area (TPSA) is 23.6 Å². The lowest BCUT2D eigenvalue weighted by Gasteiger charge is -2.23. The number of hydrogen-bond acceptors (Lipinski definition) is 2. The molecule has 16 heavy (non-hydrogen) atoms. The Bertz CT molecular complexity index is 202. The van der Waals surface area contributed by atoms with E-state index in [9.17, 15) is 4.79 Å². The predicted octanol–water partition coefficient (Wildman–Crippen LogP) is 2.08. The maximum Gasteiger partial charge on any atom is 0.224 e. The highest BCUT2D eigenvalue weighted by atomic mass is 16.2. The standard InChI is InChI=1S/C13H28N2O/c1-11(2)7-8-14(5)9-10-15(6)13(16)12(3)4/h11-12H,7-10H2,1-6H3. The molecule has 3 heteroatoms. The van der Waals surface area contributed by atoms with E-state index >= 15 is 0 Å². The van der Waals surface area contributed by atoms with Crippen molar-refractivity contribution in [2.75, 3.05) is 33.7 Å². The molecule has 0 saturated carbocycles. The Hall–Kier alpha value is -0.570. The molecule has 1 amide bonds. The summed E-state index contributed by atoms with van der Waals surface area (Å²) in [4.78, 5) is 15.8. The molecule has 0 aliphatic carbocycles. The van der Waals surface area contributed by atoms with Crippen LogP contribution in [0.25, 0.3) is 0 Å². The van der Waals surface area contributed by atoms with Crippen molar-refractivity contribution in [3.05, 3.63) is 0 Å². The zero-order chi connectivity index (χ0) is 12.7. The second-order valence-corrected chi connectivity index (χ2v) is 5.40. The average Bonchev–Trinajstić information content (AvgIpc) is 2.21. The van der Waals surface area contributed by atoms with Crippen molar-refractivity contribution in [3.8, 4) is 0 Å². The number of hydrogen-bond donors (Lipinski definition) is 0. The van der Waals surface area contributed by atoms with Crippen LogP contribution in [0.4, 0.5) is 0 Å². The van der Waals surface area contributed by atoms with Crippen LogP contribution in [0.5, 0.6) is 0 Å². The molecule has 0 heterocycles. The fourth-order valence-electron chi connectivity index (χ4n) is 1.46. The van der Waals surface area contributed by atoms with Gasteiger partial charge in [0, 0.05) is 26.1 Å². The molecule has 0 N–H and O–H groups in total. The average molecular weight is 228 g/mol. The van der Waals surface area contributed by atoms with Crippen LogP contribution in [0.2, 0.25) is 0 Å². The molecule has 0 aromatic heterocycles. The van der Waals surface area contributed by atoms with Gasteiger partial charge in [0.05, 0.1) is 0 Å². The molecule has 0 atom stereocenters. The number of carbonyl (C=O) groups is 1. The minimum absolute atomic E-state index is 0.103. The Balaban J connectivity index is 3.74. The first kappa shape index (κ1) is 15.4. The zero-order valence-electron chi connectivity index (χ0n) is 11.8. The summed E-state index contributed by atoms with van der Waals surface area (Å²) in [6.07, 6.45) is 1.22. The SMILES string of the molecule is CC(C)CCN(C)CCN(C)C(=O)C(C)C. The van der Waals surface area contributed by atoms with Crippen LogP contribution >= 0.6 is 0 Å². The van der Waals surface area contributed by atoms with E-state index in [2.05, 4.69) is 25.8 Å². The Morgan fingerprint density at radius 1 is 1.00 bits per heavy atom. The Labute approximate surface area is 101 Å². The lowest BCUT2D eigenvalue weighted by molar-refractivity contribution is -0.133. The van der Waals surface area contributed by atoms with Crippen molar-refractivity contribution in [3.63, 3.8) is 0 Å². The molecule has 0 rings (SSSR count). The van der Waals surface area contributed by atoms with Gasteiger partial charge in [-0.05, 0) is 25.9 Å². The van der Waals surface area contributed by atoms with Crippen molar-refractivity contribution in [2.45, 2.75) is 34.1 Å². The van der Waals surface area contributed by atoms with Gasteiger partial charge >= 0.3 is 0 Å². The van der Waals surface area contributed by atoms with E-state index in [0.717, 1.165) is 25.6 Å². The summed E-state index contributed by atoms with van der Waals surface area (Å²) in [5, 5.41) is 0. The molecular formula is C13H28N2O. The van der Waals surface area contributed by atoms with Crippen molar-refractivity contribution in [1.29, 1.82) is 0 Å². The molecule has 0 unspecified atom stereocenters. The van der Waals surface area contributed by atoms with Crippen LogP contribution in [0.1, 0.15) is 34.1 Å². The van der Waals surface area contributed by atoms with Crippen molar-refractivity contribution in [2.24, 2.45) is 11.8 Å². The number of rotatable bonds is 7. The van der Waals surface area contributed by atoms with Gasteiger partial charge in [-0.15, -0.1) is 0 Å². The van der Waals surface area contributed by atoms with E-state index in [1.165, 1.54) is 6.42 Å². The number of amides is 1. The smallest absolute Gasteiger partial charge is 0.224 e. The molecule has 0 aromatic rings. The highest BCUT2D eigenvalue weighted by molar-refractivity contribution is 5.77. The quantitative estimate of drug-likeness (QED) is 0.666. The highest BCUT2D eigenvalue weighted by Gasteiger charge is 2.12. The van der Waals surface area contributed by atoms with Gasteiger partial charge in [0.15, 0.2) is 0 Å². The monoisotopic (exact) mass is 228 g/mol. The lowest BCUT2D eigenvalue weighted by atomic mass is 10.1. The molecule has 3 nitrogen and oxygen atoms in total. The van der Waals surface area contributed by atoms with Crippen LogP contribution in [-0.4, -0.2) is 49.4 Å². The minimum Gasteiger partial charge on any atom is -0.344 e. The normalized spacial score (nSPS) is 11.6. The van der Waals surface area contributed by atoms with E-state index < -0.39 is 0 Å². The molecule has 0 aromatic carbocycles. The van der Waals surface area contributed by atoms with Gasteiger partial charge < -0.3 is 9.80 Å². The largest absolute Gasteiger partial charge is 0.344 e. The number of carbonyl (C=O) groups excluding carboxylic acids is 1. The number of nitrogens with zero attached hydrogens (tertiary/aromatic N) is 2. The fraction of sp³-hybridized carbons (Fsp3) is 0.923. The first-order valence-electron chi connectivity index (χ1n) is 6.28. The van der Waals surface area contributed by atoms with Crippen LogP contribution in [0.15, 0.2) is 0 Å². The van der Waals surface area contributed by atoms with E-state index in [-0.39, 0.29) is 11.8 Å². The summed E-state index contributed by atoms with van der Waals surface area (Å²) in [6, 6.07) is 0. The van der Waals surface area contributed by atoms with Gasteiger partial charge in [-0.3, -0.25) is 4.79 Å². The van der Waals surface area contributed by atoms with Crippen LogP contribution in [0.3, 0.4) is 0 Å². The van der Waals surface area contributed by atoms with E-state index in [1.54, 1.807) is 0 Å². The second kappa shape index (κ2) is 7.66. The fourth-order valence-corrected chi connectivity index (χ4v) is 1.46. The first-order valence-corrected chi connectivity index (χ1v) is 6.28. The van der Waals surface area contributed by atoms with Crippen molar-refractivity contribution < 1.29 is 4.79 Å². The van der Waals surface area contributed by atoms with E-state index in [1.807, 2.05) is 25.8 Å².